The van der Waals surface area contributed by atoms with Gasteiger partial charge in [-0.25, -0.2) is 0 Å². The molecule has 1 aliphatic heterocycles. The van der Waals surface area contributed by atoms with Crippen molar-refractivity contribution in [1.82, 2.24) is 9.97 Å². The Labute approximate surface area is 175 Å². The highest BCUT2D eigenvalue weighted by Gasteiger charge is 2.15. The van der Waals surface area contributed by atoms with Crippen LogP contribution in [0.15, 0.2) is 54.6 Å². The first-order chi connectivity index (χ1) is 14.7. The number of benzene rings is 2. The number of nitrogens with zero attached hydrogens (tertiary/aromatic N) is 3. The van der Waals surface area contributed by atoms with E-state index in [9.17, 15) is 0 Å². The number of ether oxygens (including phenoxy) is 3. The number of nitrogens with one attached hydrogen (secondary N) is 2. The van der Waals surface area contributed by atoms with Crippen LogP contribution < -0.4 is 25.0 Å². The van der Waals surface area contributed by atoms with Crippen LogP contribution in [0.25, 0.3) is 0 Å². The molecule has 0 saturated carbocycles. The molecule has 1 saturated heterocycles. The summed E-state index contributed by atoms with van der Waals surface area (Å²) < 4.78 is 15.9. The Kier molecular flexibility index (Phi) is 6.14. The van der Waals surface area contributed by atoms with Crippen LogP contribution in [0.1, 0.15) is 0 Å². The van der Waals surface area contributed by atoms with Gasteiger partial charge in [-0.3, -0.25) is 0 Å². The Morgan fingerprint density at radius 1 is 0.800 bits per heavy atom. The number of rotatable bonds is 7. The highest BCUT2D eigenvalue weighted by Crippen LogP contribution is 2.25. The topological polar surface area (TPSA) is 80.8 Å². The molecule has 2 aromatic carbocycles. The average Bonchev–Trinajstić information content (AvgIpc) is 2.80. The monoisotopic (exact) mass is 407 g/mol. The quantitative estimate of drug-likeness (QED) is 0.612. The molecule has 1 aromatic heterocycles. The van der Waals surface area contributed by atoms with Crippen LogP contribution in [-0.2, 0) is 4.74 Å². The molecule has 0 amide bonds. The maximum atomic E-state index is 5.48. The Morgan fingerprint density at radius 2 is 1.37 bits per heavy atom. The van der Waals surface area contributed by atoms with Gasteiger partial charge in [0.2, 0.25) is 5.95 Å². The molecule has 3 aromatic rings. The molecule has 8 heteroatoms. The van der Waals surface area contributed by atoms with Crippen LogP contribution in [0.5, 0.6) is 11.5 Å². The van der Waals surface area contributed by atoms with Gasteiger partial charge in [0.05, 0.1) is 27.4 Å². The van der Waals surface area contributed by atoms with Gasteiger partial charge in [0.15, 0.2) is 0 Å². The predicted molar refractivity (Wildman–Crippen MR) is 118 cm³/mol. The lowest BCUT2D eigenvalue weighted by Crippen LogP contribution is -2.36. The Balaban J connectivity index is 1.60. The van der Waals surface area contributed by atoms with Crippen molar-refractivity contribution in [2.75, 3.05) is 56.1 Å². The van der Waals surface area contributed by atoms with Crippen molar-refractivity contribution in [2.24, 2.45) is 0 Å². The van der Waals surface area contributed by atoms with E-state index in [-0.39, 0.29) is 0 Å². The van der Waals surface area contributed by atoms with E-state index in [1.165, 1.54) is 0 Å². The third-order valence-corrected chi connectivity index (χ3v) is 4.76. The van der Waals surface area contributed by atoms with E-state index in [0.29, 0.717) is 25.0 Å². The molecule has 0 unspecified atom stereocenters. The number of hydrogen-bond donors (Lipinski definition) is 2. The van der Waals surface area contributed by atoms with E-state index in [1.54, 1.807) is 14.2 Å². The number of anilines is 5. The van der Waals surface area contributed by atoms with Gasteiger partial charge in [0, 0.05) is 30.5 Å². The van der Waals surface area contributed by atoms with E-state index in [2.05, 4.69) is 20.5 Å². The van der Waals surface area contributed by atoms with E-state index in [4.69, 9.17) is 19.2 Å². The summed E-state index contributed by atoms with van der Waals surface area (Å²) in [6, 6.07) is 17.3. The van der Waals surface area contributed by atoms with E-state index in [0.717, 1.165) is 41.8 Å². The molecular weight excluding hydrogens is 382 g/mol. The fourth-order valence-electron chi connectivity index (χ4n) is 3.13. The lowest BCUT2D eigenvalue weighted by molar-refractivity contribution is 0.122. The number of morpholine rings is 1. The summed E-state index contributed by atoms with van der Waals surface area (Å²) >= 11 is 0. The lowest BCUT2D eigenvalue weighted by Gasteiger charge is -2.28. The molecule has 2 N–H and O–H groups in total. The molecule has 0 aliphatic carbocycles. The van der Waals surface area contributed by atoms with Gasteiger partial charge in [-0.05, 0) is 48.5 Å². The molecule has 0 radical (unpaired) electrons. The summed E-state index contributed by atoms with van der Waals surface area (Å²) in [6.45, 7) is 2.96. The van der Waals surface area contributed by atoms with Crippen molar-refractivity contribution in [2.45, 2.75) is 0 Å². The highest BCUT2D eigenvalue weighted by atomic mass is 16.5. The predicted octanol–water partition coefficient (Wildman–Crippen LogP) is 3.82. The molecule has 0 spiro atoms. The first-order valence-electron chi connectivity index (χ1n) is 9.77. The molecule has 4 rings (SSSR count). The van der Waals surface area contributed by atoms with Gasteiger partial charge in [0.25, 0.3) is 0 Å². The van der Waals surface area contributed by atoms with Crippen molar-refractivity contribution in [3.63, 3.8) is 0 Å². The highest BCUT2D eigenvalue weighted by molar-refractivity contribution is 5.64. The molecule has 30 heavy (non-hydrogen) atoms. The van der Waals surface area contributed by atoms with Gasteiger partial charge in [-0.2, -0.15) is 9.97 Å². The Morgan fingerprint density at radius 3 is 1.93 bits per heavy atom. The molecule has 2 heterocycles. The van der Waals surface area contributed by atoms with Crippen LogP contribution in [0.2, 0.25) is 0 Å². The number of hydrogen-bond acceptors (Lipinski definition) is 8. The Bertz CT molecular complexity index is 890. The smallest absolute Gasteiger partial charge is 0.231 e. The second-order valence-electron chi connectivity index (χ2n) is 6.74. The minimum absolute atomic E-state index is 0.514. The van der Waals surface area contributed by atoms with Crippen molar-refractivity contribution in [3.05, 3.63) is 54.6 Å². The molecular formula is C22H25N5O3. The molecule has 0 atom stereocenters. The summed E-state index contributed by atoms with van der Waals surface area (Å²) in [4.78, 5) is 11.6. The van der Waals surface area contributed by atoms with Crippen LogP contribution in [-0.4, -0.2) is 50.5 Å². The number of aromatic nitrogens is 2. The average molecular weight is 407 g/mol. The van der Waals surface area contributed by atoms with Crippen molar-refractivity contribution < 1.29 is 14.2 Å². The van der Waals surface area contributed by atoms with Crippen molar-refractivity contribution in [3.8, 4) is 11.5 Å². The zero-order valence-corrected chi connectivity index (χ0v) is 17.1. The second kappa shape index (κ2) is 9.32. The van der Waals surface area contributed by atoms with Gasteiger partial charge < -0.3 is 29.7 Å². The minimum Gasteiger partial charge on any atom is -0.497 e. The molecule has 156 valence electrons. The first kappa shape index (κ1) is 19.8. The van der Waals surface area contributed by atoms with Crippen LogP contribution in [0.3, 0.4) is 0 Å². The third-order valence-electron chi connectivity index (χ3n) is 4.76. The molecule has 0 bridgehead atoms. The van der Waals surface area contributed by atoms with Crippen LogP contribution >= 0.6 is 0 Å². The summed E-state index contributed by atoms with van der Waals surface area (Å²) in [5.41, 5.74) is 1.79. The largest absolute Gasteiger partial charge is 0.497 e. The lowest BCUT2D eigenvalue weighted by atomic mass is 10.3. The molecule has 1 aliphatic rings. The van der Waals surface area contributed by atoms with Crippen molar-refractivity contribution >= 4 is 29.0 Å². The van der Waals surface area contributed by atoms with E-state index < -0.39 is 0 Å². The standard InChI is InChI=1S/C22H25N5O3/c1-28-18-7-3-16(4-8-18)23-20-15-21(27-11-13-30-14-12-27)26-22(25-20)24-17-5-9-19(29-2)10-6-17/h3-10,15H,11-14H2,1-2H3,(H2,23,24,25,26). The van der Waals surface area contributed by atoms with E-state index >= 15 is 0 Å². The zero-order chi connectivity index (χ0) is 20.8. The minimum atomic E-state index is 0.514. The maximum absolute atomic E-state index is 5.48. The third kappa shape index (κ3) is 4.90. The van der Waals surface area contributed by atoms with Gasteiger partial charge in [-0.1, -0.05) is 0 Å². The van der Waals surface area contributed by atoms with Gasteiger partial charge in [-0.15, -0.1) is 0 Å². The van der Waals surface area contributed by atoms with Crippen LogP contribution in [0, 0.1) is 0 Å². The molecule has 1 fully saturated rings. The fraction of sp³-hybridized carbons (Fsp3) is 0.273. The fourth-order valence-corrected chi connectivity index (χ4v) is 3.13. The SMILES string of the molecule is COc1ccc(Nc2cc(N3CCOCC3)nc(Nc3ccc(OC)cc3)n2)cc1. The van der Waals surface area contributed by atoms with E-state index in [1.807, 2.05) is 54.6 Å². The number of methoxy groups -OCH3 is 2. The summed E-state index contributed by atoms with van der Waals surface area (Å²) in [7, 11) is 3.30. The summed E-state index contributed by atoms with van der Waals surface area (Å²) in [6.07, 6.45) is 0. The first-order valence-corrected chi connectivity index (χ1v) is 9.77. The maximum Gasteiger partial charge on any atom is 0.231 e. The zero-order valence-electron chi connectivity index (χ0n) is 17.1. The second-order valence-corrected chi connectivity index (χ2v) is 6.74. The normalized spacial score (nSPS) is 13.6. The van der Waals surface area contributed by atoms with Crippen LogP contribution in [0.4, 0.5) is 29.0 Å². The summed E-state index contributed by atoms with van der Waals surface area (Å²) in [5.74, 6) is 3.66. The van der Waals surface area contributed by atoms with Crippen molar-refractivity contribution in [1.29, 1.82) is 0 Å². The Hall–Kier alpha value is -3.52. The summed E-state index contributed by atoms with van der Waals surface area (Å²) in [5, 5.41) is 6.64. The van der Waals surface area contributed by atoms with Gasteiger partial charge in [0.1, 0.15) is 23.1 Å². The molecule has 8 nitrogen and oxygen atoms in total. The van der Waals surface area contributed by atoms with Gasteiger partial charge >= 0.3 is 0 Å².